The van der Waals surface area contributed by atoms with E-state index in [2.05, 4.69) is 11.8 Å². The number of halogens is 2. The van der Waals surface area contributed by atoms with Crippen LogP contribution in [0.3, 0.4) is 0 Å². The van der Waals surface area contributed by atoms with Crippen molar-refractivity contribution in [2.75, 3.05) is 31.1 Å². The first-order chi connectivity index (χ1) is 20.8. The molecule has 0 aromatic heterocycles. The van der Waals surface area contributed by atoms with Crippen LogP contribution in [-0.4, -0.2) is 48.4 Å². The molecule has 0 unspecified atom stereocenters. The standard InChI is InChI=1S/C34H43F2N2O5P/c1-8-17-37-20-27(21-37)40-31-16-13-25(18-28(31)36)38-29-15-14-26(41-44(42-33(2,3)4)43-34(5,6)7)19-32(29)39-22-30(38)23-9-11-24(35)12-10-23/h9-16,18-19,27,30H,8,17,20-22H2,1-7H3/t30-/m0/s1. The summed E-state index contributed by atoms with van der Waals surface area (Å²) in [6.45, 7) is 16.7. The van der Waals surface area contributed by atoms with Crippen molar-refractivity contribution in [3.63, 3.8) is 0 Å². The van der Waals surface area contributed by atoms with Gasteiger partial charge in [-0.1, -0.05) is 19.1 Å². The van der Waals surface area contributed by atoms with Crippen molar-refractivity contribution in [3.8, 4) is 17.2 Å². The molecule has 0 N–H and O–H groups in total. The molecule has 10 heteroatoms. The molecule has 0 saturated carbocycles. The van der Waals surface area contributed by atoms with Crippen molar-refractivity contribution in [2.45, 2.75) is 78.2 Å². The molecule has 7 nitrogen and oxygen atoms in total. The number of hydrogen-bond acceptors (Lipinski definition) is 7. The number of anilines is 2. The zero-order valence-corrected chi connectivity index (χ0v) is 27.5. The molecule has 0 bridgehead atoms. The van der Waals surface area contributed by atoms with Gasteiger partial charge in [0.1, 0.15) is 30.0 Å². The van der Waals surface area contributed by atoms with E-state index in [1.54, 1.807) is 24.3 Å². The minimum absolute atomic E-state index is 0.0218. The molecule has 3 aromatic rings. The van der Waals surface area contributed by atoms with E-state index in [1.807, 2.05) is 64.6 Å². The number of hydrogen-bond donors (Lipinski definition) is 0. The lowest BCUT2D eigenvalue weighted by Gasteiger charge is -2.40. The van der Waals surface area contributed by atoms with Crippen molar-refractivity contribution >= 4 is 20.0 Å². The van der Waals surface area contributed by atoms with Gasteiger partial charge in [-0.2, -0.15) is 0 Å². The Balaban J connectivity index is 1.44. The smallest absolute Gasteiger partial charge is 0.398 e. The largest absolute Gasteiger partial charge is 0.489 e. The van der Waals surface area contributed by atoms with Gasteiger partial charge < -0.3 is 18.9 Å². The zero-order valence-electron chi connectivity index (χ0n) is 26.6. The molecule has 1 fully saturated rings. The van der Waals surface area contributed by atoms with Gasteiger partial charge in [-0.25, -0.2) is 8.78 Å². The van der Waals surface area contributed by atoms with Crippen LogP contribution in [0.15, 0.2) is 60.7 Å². The van der Waals surface area contributed by atoms with Crippen LogP contribution in [-0.2, 0) is 9.05 Å². The van der Waals surface area contributed by atoms with E-state index in [0.29, 0.717) is 17.2 Å². The van der Waals surface area contributed by atoms with E-state index in [-0.39, 0.29) is 30.3 Å². The highest BCUT2D eigenvalue weighted by Gasteiger charge is 2.34. The third-order valence-electron chi connectivity index (χ3n) is 6.98. The lowest BCUT2D eigenvalue weighted by molar-refractivity contribution is 0.0179. The molecule has 2 aliphatic heterocycles. The highest BCUT2D eigenvalue weighted by Crippen LogP contribution is 2.51. The van der Waals surface area contributed by atoms with Crippen LogP contribution in [0.25, 0.3) is 0 Å². The monoisotopic (exact) mass is 628 g/mol. The lowest BCUT2D eigenvalue weighted by atomic mass is 10.0. The van der Waals surface area contributed by atoms with Gasteiger partial charge in [-0.15, -0.1) is 0 Å². The molecule has 0 spiro atoms. The number of nitrogens with zero attached hydrogens (tertiary/aromatic N) is 2. The summed E-state index contributed by atoms with van der Waals surface area (Å²) in [5.74, 6) is 0.555. The van der Waals surface area contributed by atoms with E-state index in [0.717, 1.165) is 37.3 Å². The topological polar surface area (TPSA) is 52.6 Å². The van der Waals surface area contributed by atoms with Gasteiger partial charge in [0, 0.05) is 30.9 Å². The third-order valence-corrected chi connectivity index (χ3v) is 8.73. The first-order valence-electron chi connectivity index (χ1n) is 15.1. The van der Waals surface area contributed by atoms with E-state index in [4.69, 9.17) is 23.0 Å². The van der Waals surface area contributed by atoms with Crippen LogP contribution < -0.4 is 18.9 Å². The molecule has 238 valence electrons. The molecule has 1 atom stereocenters. The highest BCUT2D eigenvalue weighted by atomic mass is 31.2. The second-order valence-electron chi connectivity index (χ2n) is 13.2. The quantitative estimate of drug-likeness (QED) is 0.208. The fraction of sp³-hybridized carbons (Fsp3) is 0.471. The highest BCUT2D eigenvalue weighted by molar-refractivity contribution is 7.42. The summed E-state index contributed by atoms with van der Waals surface area (Å²) in [6.07, 6.45) is 1.06. The third kappa shape index (κ3) is 8.19. The summed E-state index contributed by atoms with van der Waals surface area (Å²) in [5, 5.41) is 0. The second kappa shape index (κ2) is 13.2. The summed E-state index contributed by atoms with van der Waals surface area (Å²) < 4.78 is 60.0. The maximum Gasteiger partial charge on any atom is 0.398 e. The number of benzene rings is 3. The first-order valence-corrected chi connectivity index (χ1v) is 16.2. The predicted molar refractivity (Wildman–Crippen MR) is 170 cm³/mol. The molecule has 0 amide bonds. The molecule has 3 aromatic carbocycles. The van der Waals surface area contributed by atoms with Crippen LogP contribution in [0.5, 0.6) is 17.2 Å². The lowest BCUT2D eigenvalue weighted by Crippen LogP contribution is -2.53. The van der Waals surface area contributed by atoms with Crippen LogP contribution >= 0.6 is 8.60 Å². The van der Waals surface area contributed by atoms with Gasteiger partial charge >= 0.3 is 8.60 Å². The normalized spacial score (nSPS) is 17.7. The van der Waals surface area contributed by atoms with Gasteiger partial charge in [-0.05, 0) is 96.5 Å². The van der Waals surface area contributed by atoms with Gasteiger partial charge in [0.15, 0.2) is 11.6 Å². The van der Waals surface area contributed by atoms with Crippen molar-refractivity contribution in [1.29, 1.82) is 0 Å². The Labute approximate surface area is 261 Å². The molecule has 5 rings (SSSR count). The Bertz CT molecular complexity index is 1400. The van der Waals surface area contributed by atoms with Gasteiger partial charge in [0.2, 0.25) is 0 Å². The van der Waals surface area contributed by atoms with Crippen molar-refractivity contribution in [2.24, 2.45) is 0 Å². The average molecular weight is 629 g/mol. The molecule has 0 aliphatic carbocycles. The Kier molecular flexibility index (Phi) is 9.71. The van der Waals surface area contributed by atoms with E-state index < -0.39 is 25.6 Å². The molecular formula is C34H43F2N2O5P. The minimum atomic E-state index is -1.72. The number of rotatable bonds is 10. The maximum atomic E-state index is 15.5. The fourth-order valence-corrected chi connectivity index (χ4v) is 6.42. The van der Waals surface area contributed by atoms with Crippen LogP contribution in [0, 0.1) is 11.6 Å². The Morgan fingerprint density at radius 1 is 0.886 bits per heavy atom. The van der Waals surface area contributed by atoms with Gasteiger partial charge in [-0.3, -0.25) is 13.9 Å². The Hall–Kier alpha value is -2.97. The molecule has 1 saturated heterocycles. The number of likely N-dealkylation sites (tertiary alicyclic amines) is 1. The Morgan fingerprint density at radius 3 is 2.18 bits per heavy atom. The molecule has 0 radical (unpaired) electrons. The van der Waals surface area contributed by atoms with Crippen LogP contribution in [0.4, 0.5) is 20.2 Å². The predicted octanol–water partition coefficient (Wildman–Crippen LogP) is 8.95. The van der Waals surface area contributed by atoms with Crippen LogP contribution in [0.1, 0.15) is 66.5 Å². The van der Waals surface area contributed by atoms with Crippen molar-refractivity contribution in [3.05, 3.63) is 77.9 Å². The van der Waals surface area contributed by atoms with Gasteiger partial charge in [0.25, 0.3) is 0 Å². The summed E-state index contributed by atoms with van der Waals surface area (Å²) >= 11 is 0. The van der Waals surface area contributed by atoms with E-state index in [1.165, 1.54) is 18.2 Å². The van der Waals surface area contributed by atoms with Crippen molar-refractivity contribution < 1.29 is 31.8 Å². The minimum Gasteiger partial charge on any atom is -0.489 e. The van der Waals surface area contributed by atoms with E-state index >= 15 is 4.39 Å². The van der Waals surface area contributed by atoms with E-state index in [9.17, 15) is 4.39 Å². The zero-order chi connectivity index (χ0) is 31.6. The second-order valence-corrected chi connectivity index (χ2v) is 14.2. The van der Waals surface area contributed by atoms with Gasteiger partial charge in [0.05, 0.1) is 22.9 Å². The summed E-state index contributed by atoms with van der Waals surface area (Å²) in [5.41, 5.74) is 1.23. The molecular weight excluding hydrogens is 585 g/mol. The number of fused-ring (bicyclic) bond motifs is 1. The summed E-state index contributed by atoms with van der Waals surface area (Å²) in [4.78, 5) is 4.30. The first kappa shape index (κ1) is 32.4. The maximum absolute atomic E-state index is 15.5. The SMILES string of the molecule is CCCN1CC(Oc2ccc(N3c4ccc(OP(OC(C)(C)C)OC(C)(C)C)cc4OC[C@H]3c3ccc(F)cc3)cc2F)C1. The summed E-state index contributed by atoms with van der Waals surface area (Å²) in [6, 6.07) is 16.5. The van der Waals surface area contributed by atoms with Crippen LogP contribution in [0.2, 0.25) is 0 Å². The number of ether oxygens (including phenoxy) is 2. The average Bonchev–Trinajstić information content (AvgIpc) is 2.90. The fourth-order valence-electron chi connectivity index (χ4n) is 5.13. The Morgan fingerprint density at radius 2 is 1.57 bits per heavy atom. The molecule has 2 heterocycles. The van der Waals surface area contributed by atoms with Crippen molar-refractivity contribution in [1.82, 2.24) is 4.90 Å². The molecule has 44 heavy (non-hydrogen) atoms. The summed E-state index contributed by atoms with van der Waals surface area (Å²) in [7, 11) is -1.72. The molecule has 2 aliphatic rings.